The van der Waals surface area contributed by atoms with Crippen molar-refractivity contribution in [3.05, 3.63) is 69.6 Å². The fourth-order valence-corrected chi connectivity index (χ4v) is 4.95. The van der Waals surface area contributed by atoms with Crippen LogP contribution in [0, 0.1) is 0 Å². The summed E-state index contributed by atoms with van der Waals surface area (Å²) in [7, 11) is 1.48. The molecule has 5 nitrogen and oxygen atoms in total. The van der Waals surface area contributed by atoms with Crippen LogP contribution in [0.1, 0.15) is 42.0 Å². The van der Waals surface area contributed by atoms with Crippen LogP contribution in [0.25, 0.3) is 11.4 Å². The molecular weight excluding hydrogens is 433 g/mol. The van der Waals surface area contributed by atoms with Crippen LogP contribution in [-0.2, 0) is 16.0 Å². The minimum atomic E-state index is 0.188. The SMILES string of the molecule is COC(=C=O)c1cc(CCCN2CCC(c3cc(Cl)cc(Cl)c3)CC2)cc2nccn12. The molecule has 0 aliphatic carbocycles. The number of benzene rings is 1. The van der Waals surface area contributed by atoms with E-state index in [1.165, 1.54) is 12.7 Å². The number of piperidine rings is 1. The van der Waals surface area contributed by atoms with Crippen LogP contribution in [0.5, 0.6) is 0 Å². The summed E-state index contributed by atoms with van der Waals surface area (Å²) in [5, 5.41) is 1.42. The number of aromatic nitrogens is 2. The van der Waals surface area contributed by atoms with E-state index in [2.05, 4.69) is 16.0 Å². The lowest BCUT2D eigenvalue weighted by atomic mass is 9.89. The van der Waals surface area contributed by atoms with Gasteiger partial charge in [0.2, 0.25) is 5.76 Å². The molecule has 1 aliphatic rings. The molecule has 0 N–H and O–H groups in total. The number of imidazole rings is 1. The zero-order valence-corrected chi connectivity index (χ0v) is 19.0. The second kappa shape index (κ2) is 9.88. The minimum absolute atomic E-state index is 0.188. The van der Waals surface area contributed by atoms with Gasteiger partial charge in [0, 0.05) is 22.4 Å². The van der Waals surface area contributed by atoms with Crippen LogP contribution < -0.4 is 0 Å². The van der Waals surface area contributed by atoms with Crippen LogP contribution in [0.2, 0.25) is 10.0 Å². The van der Waals surface area contributed by atoms with Crippen molar-refractivity contribution in [1.29, 1.82) is 0 Å². The van der Waals surface area contributed by atoms with Gasteiger partial charge in [0.15, 0.2) is 5.94 Å². The van der Waals surface area contributed by atoms with Gasteiger partial charge in [-0.05, 0) is 92.7 Å². The standard InChI is InChI=1S/C24H25Cl2N3O2/c1-31-23(16-30)22-11-17(12-24-27-6-10-29(22)24)3-2-7-28-8-4-18(5-9-28)19-13-20(25)15-21(26)14-19/h6,10-15,18H,2-5,7-9H2,1H3. The highest BCUT2D eigenvalue weighted by Gasteiger charge is 2.21. The third kappa shape index (κ3) is 5.13. The van der Waals surface area contributed by atoms with Crippen molar-refractivity contribution in [1.82, 2.24) is 14.3 Å². The number of carbonyl (C=O) groups excluding carboxylic acids is 1. The highest BCUT2D eigenvalue weighted by molar-refractivity contribution is 6.34. The number of methoxy groups -OCH3 is 1. The first kappa shape index (κ1) is 21.9. The first-order valence-electron chi connectivity index (χ1n) is 10.5. The predicted octanol–water partition coefficient (Wildman–Crippen LogP) is 5.27. The molecule has 0 saturated carbocycles. The van der Waals surface area contributed by atoms with Gasteiger partial charge in [-0.25, -0.2) is 9.78 Å². The lowest BCUT2D eigenvalue weighted by Gasteiger charge is -2.32. The van der Waals surface area contributed by atoms with Crippen molar-refractivity contribution >= 4 is 40.5 Å². The molecule has 4 rings (SSSR count). The Morgan fingerprint density at radius 2 is 1.90 bits per heavy atom. The zero-order chi connectivity index (χ0) is 21.8. The second-order valence-electron chi connectivity index (χ2n) is 7.96. The number of nitrogens with zero attached hydrogens (tertiary/aromatic N) is 3. The number of fused-ring (bicyclic) bond motifs is 1. The molecule has 31 heavy (non-hydrogen) atoms. The van der Waals surface area contributed by atoms with E-state index in [-0.39, 0.29) is 5.76 Å². The number of pyridine rings is 1. The average Bonchev–Trinajstić information content (AvgIpc) is 3.23. The van der Waals surface area contributed by atoms with Crippen LogP contribution in [-0.4, -0.2) is 47.0 Å². The molecule has 2 aromatic heterocycles. The van der Waals surface area contributed by atoms with E-state index in [4.69, 9.17) is 27.9 Å². The number of rotatable bonds is 7. The summed E-state index contributed by atoms with van der Waals surface area (Å²) in [5.41, 5.74) is 3.87. The number of likely N-dealkylation sites (tertiary alicyclic amines) is 1. The van der Waals surface area contributed by atoms with E-state index in [1.54, 1.807) is 12.3 Å². The number of hydrogen-bond acceptors (Lipinski definition) is 4. The van der Waals surface area contributed by atoms with Gasteiger partial charge in [0.25, 0.3) is 0 Å². The van der Waals surface area contributed by atoms with Gasteiger partial charge in [-0.2, -0.15) is 0 Å². The lowest BCUT2D eigenvalue weighted by Crippen LogP contribution is -2.33. The fraction of sp³-hybridized carbons (Fsp3) is 0.375. The van der Waals surface area contributed by atoms with Crippen LogP contribution in [0.3, 0.4) is 0 Å². The smallest absolute Gasteiger partial charge is 0.228 e. The van der Waals surface area contributed by atoms with E-state index in [9.17, 15) is 4.79 Å². The first-order valence-corrected chi connectivity index (χ1v) is 11.3. The highest BCUT2D eigenvalue weighted by Crippen LogP contribution is 2.32. The maximum atomic E-state index is 11.3. The summed E-state index contributed by atoms with van der Waals surface area (Å²) in [5.74, 6) is 2.58. The Kier molecular flexibility index (Phi) is 6.99. The Labute approximate surface area is 192 Å². The summed E-state index contributed by atoms with van der Waals surface area (Å²) in [6.45, 7) is 3.18. The maximum Gasteiger partial charge on any atom is 0.228 e. The van der Waals surface area contributed by atoms with Crippen molar-refractivity contribution in [3.63, 3.8) is 0 Å². The summed E-state index contributed by atoms with van der Waals surface area (Å²) in [4.78, 5) is 18.1. The number of ether oxygens (including phenoxy) is 1. The molecule has 0 radical (unpaired) electrons. The molecule has 7 heteroatoms. The molecule has 1 saturated heterocycles. The first-order chi connectivity index (χ1) is 15.1. The molecule has 3 aromatic rings. The Bertz CT molecular complexity index is 1090. The molecule has 0 spiro atoms. The van der Waals surface area contributed by atoms with E-state index in [0.717, 1.165) is 56.5 Å². The van der Waals surface area contributed by atoms with Gasteiger partial charge in [-0.15, -0.1) is 0 Å². The van der Waals surface area contributed by atoms with E-state index in [1.807, 2.05) is 34.7 Å². The number of hydrogen-bond donors (Lipinski definition) is 0. The molecular formula is C24H25Cl2N3O2. The second-order valence-corrected chi connectivity index (χ2v) is 8.83. The van der Waals surface area contributed by atoms with Crippen molar-refractivity contribution in [2.75, 3.05) is 26.7 Å². The number of aryl methyl sites for hydroxylation is 1. The Balaban J connectivity index is 1.34. The third-order valence-corrected chi connectivity index (χ3v) is 6.42. The van der Waals surface area contributed by atoms with Gasteiger partial charge in [-0.3, -0.25) is 4.40 Å². The van der Waals surface area contributed by atoms with Crippen molar-refractivity contribution in [2.45, 2.75) is 31.6 Å². The van der Waals surface area contributed by atoms with Gasteiger partial charge in [0.05, 0.1) is 7.11 Å². The highest BCUT2D eigenvalue weighted by atomic mass is 35.5. The van der Waals surface area contributed by atoms with Gasteiger partial charge >= 0.3 is 0 Å². The summed E-state index contributed by atoms with van der Waals surface area (Å²) in [6.07, 6.45) is 7.72. The maximum absolute atomic E-state index is 11.3. The van der Waals surface area contributed by atoms with Crippen LogP contribution in [0.4, 0.5) is 0 Å². The third-order valence-electron chi connectivity index (χ3n) is 5.98. The molecule has 0 atom stereocenters. The molecule has 3 heterocycles. The molecule has 0 amide bonds. The Morgan fingerprint density at radius 3 is 2.58 bits per heavy atom. The van der Waals surface area contributed by atoms with E-state index >= 15 is 0 Å². The summed E-state index contributed by atoms with van der Waals surface area (Å²) in [6, 6.07) is 9.93. The van der Waals surface area contributed by atoms with Crippen molar-refractivity contribution < 1.29 is 9.53 Å². The monoisotopic (exact) mass is 457 g/mol. The van der Waals surface area contributed by atoms with E-state index < -0.39 is 0 Å². The van der Waals surface area contributed by atoms with E-state index in [0.29, 0.717) is 21.7 Å². The Hall–Kier alpha value is -2.30. The zero-order valence-electron chi connectivity index (χ0n) is 17.5. The fourth-order valence-electron chi connectivity index (χ4n) is 4.40. The van der Waals surface area contributed by atoms with Gasteiger partial charge in [-0.1, -0.05) is 23.2 Å². The molecule has 1 fully saturated rings. The number of halogens is 2. The quantitative estimate of drug-likeness (QED) is 0.358. The minimum Gasteiger partial charge on any atom is -0.485 e. The molecule has 162 valence electrons. The Morgan fingerprint density at radius 1 is 1.16 bits per heavy atom. The largest absolute Gasteiger partial charge is 0.485 e. The lowest BCUT2D eigenvalue weighted by molar-refractivity contribution is 0.210. The summed E-state index contributed by atoms with van der Waals surface area (Å²) >= 11 is 12.3. The normalized spacial score (nSPS) is 15.2. The topological polar surface area (TPSA) is 46.8 Å². The molecule has 0 unspecified atom stereocenters. The van der Waals surface area contributed by atoms with Gasteiger partial charge in [0.1, 0.15) is 11.3 Å². The van der Waals surface area contributed by atoms with Gasteiger partial charge < -0.3 is 9.64 Å². The predicted molar refractivity (Wildman–Crippen MR) is 124 cm³/mol. The molecule has 0 bridgehead atoms. The summed E-state index contributed by atoms with van der Waals surface area (Å²) < 4.78 is 7.05. The molecule has 1 aliphatic heterocycles. The van der Waals surface area contributed by atoms with Crippen LogP contribution in [0.15, 0.2) is 42.7 Å². The van der Waals surface area contributed by atoms with Crippen molar-refractivity contribution in [3.8, 4) is 0 Å². The molecule has 1 aromatic carbocycles. The van der Waals surface area contributed by atoms with Crippen molar-refractivity contribution in [2.24, 2.45) is 0 Å². The van der Waals surface area contributed by atoms with Crippen LogP contribution >= 0.6 is 23.2 Å². The average molecular weight is 458 g/mol.